The molecule has 122 valence electrons. The molecule has 0 spiro atoms. The summed E-state index contributed by atoms with van der Waals surface area (Å²) in [7, 11) is 0. The molecule has 3 aromatic rings. The molecule has 0 aliphatic carbocycles. The van der Waals surface area contributed by atoms with E-state index in [4.69, 9.17) is 4.74 Å². The van der Waals surface area contributed by atoms with Crippen LogP contribution in [0.15, 0.2) is 54.7 Å². The van der Waals surface area contributed by atoms with E-state index in [1.807, 2.05) is 44.2 Å². The number of ether oxygens (including phenoxy) is 1. The summed E-state index contributed by atoms with van der Waals surface area (Å²) in [6.07, 6.45) is 1.66. The molecule has 0 bridgehead atoms. The molecule has 0 aliphatic heterocycles. The number of carbonyl (C=O) groups excluding carboxylic acids is 1. The number of aryl methyl sites for hydroxylation is 1. The number of hydrogen-bond donors (Lipinski definition) is 1. The first-order valence-electron chi connectivity index (χ1n) is 7.96. The van der Waals surface area contributed by atoms with Crippen molar-refractivity contribution in [2.45, 2.75) is 26.9 Å². The summed E-state index contributed by atoms with van der Waals surface area (Å²) in [5.74, 6) is -0.304. The summed E-state index contributed by atoms with van der Waals surface area (Å²) in [4.78, 5) is 16.3. The van der Waals surface area contributed by atoms with Crippen molar-refractivity contribution in [3.8, 4) is 0 Å². The number of anilines is 2. The molecule has 0 aliphatic rings. The zero-order valence-corrected chi connectivity index (χ0v) is 14.0. The predicted octanol–water partition coefficient (Wildman–Crippen LogP) is 4.85. The van der Waals surface area contributed by atoms with E-state index >= 15 is 0 Å². The Balaban J connectivity index is 1.84. The second kappa shape index (κ2) is 6.71. The molecule has 2 aromatic carbocycles. The van der Waals surface area contributed by atoms with Crippen LogP contribution in [0.1, 0.15) is 29.8 Å². The number of rotatable bonds is 4. The van der Waals surface area contributed by atoms with E-state index < -0.39 is 0 Å². The molecule has 24 heavy (non-hydrogen) atoms. The van der Waals surface area contributed by atoms with Crippen LogP contribution in [0.2, 0.25) is 0 Å². The minimum atomic E-state index is -0.304. The highest BCUT2D eigenvalue weighted by atomic mass is 16.5. The SMILES string of the molecule is Cc1ccc2nccc(Nc3ccc(C(=O)OC(C)C)cc3)c2c1. The smallest absolute Gasteiger partial charge is 0.338 e. The first kappa shape index (κ1) is 16.0. The van der Waals surface area contributed by atoms with Crippen LogP contribution >= 0.6 is 0 Å². The van der Waals surface area contributed by atoms with E-state index in [9.17, 15) is 4.79 Å². The summed E-state index contributed by atoms with van der Waals surface area (Å²) >= 11 is 0. The third-order valence-corrected chi connectivity index (χ3v) is 3.64. The maximum absolute atomic E-state index is 11.9. The van der Waals surface area contributed by atoms with E-state index in [2.05, 4.69) is 23.3 Å². The zero-order valence-electron chi connectivity index (χ0n) is 14.0. The second-order valence-corrected chi connectivity index (χ2v) is 6.04. The Bertz CT molecular complexity index is 870. The second-order valence-electron chi connectivity index (χ2n) is 6.04. The van der Waals surface area contributed by atoms with Gasteiger partial charge in [0.05, 0.1) is 17.2 Å². The minimum absolute atomic E-state index is 0.123. The number of carbonyl (C=O) groups is 1. The maximum atomic E-state index is 11.9. The van der Waals surface area contributed by atoms with Crippen molar-refractivity contribution in [1.29, 1.82) is 0 Å². The van der Waals surface area contributed by atoms with Crippen LogP contribution in [0.4, 0.5) is 11.4 Å². The van der Waals surface area contributed by atoms with Gasteiger partial charge in [-0.1, -0.05) is 11.6 Å². The normalized spacial score (nSPS) is 10.8. The fourth-order valence-electron chi connectivity index (χ4n) is 2.50. The topological polar surface area (TPSA) is 51.2 Å². The maximum Gasteiger partial charge on any atom is 0.338 e. The Morgan fingerprint density at radius 3 is 2.54 bits per heavy atom. The van der Waals surface area contributed by atoms with Gasteiger partial charge in [0.1, 0.15) is 0 Å². The molecule has 4 heteroatoms. The van der Waals surface area contributed by atoms with Crippen molar-refractivity contribution in [1.82, 2.24) is 4.98 Å². The molecule has 0 radical (unpaired) electrons. The highest BCUT2D eigenvalue weighted by molar-refractivity contribution is 5.94. The van der Waals surface area contributed by atoms with Crippen molar-refractivity contribution in [3.05, 3.63) is 65.9 Å². The summed E-state index contributed by atoms with van der Waals surface area (Å²) in [6, 6.07) is 15.4. The largest absolute Gasteiger partial charge is 0.459 e. The number of fused-ring (bicyclic) bond motifs is 1. The fourth-order valence-corrected chi connectivity index (χ4v) is 2.50. The molecule has 1 heterocycles. The highest BCUT2D eigenvalue weighted by Gasteiger charge is 2.09. The highest BCUT2D eigenvalue weighted by Crippen LogP contribution is 2.26. The lowest BCUT2D eigenvalue weighted by atomic mass is 10.1. The number of aromatic nitrogens is 1. The number of benzene rings is 2. The average Bonchev–Trinajstić information content (AvgIpc) is 2.55. The zero-order chi connectivity index (χ0) is 17.1. The number of nitrogens with zero attached hydrogens (tertiary/aromatic N) is 1. The van der Waals surface area contributed by atoms with Gasteiger partial charge in [0, 0.05) is 23.0 Å². The van der Waals surface area contributed by atoms with Crippen LogP contribution in [0.25, 0.3) is 10.9 Å². The lowest BCUT2D eigenvalue weighted by molar-refractivity contribution is 0.0378. The molecule has 0 saturated heterocycles. The molecule has 0 fully saturated rings. The van der Waals surface area contributed by atoms with Crippen LogP contribution in [0.3, 0.4) is 0 Å². The molecule has 3 rings (SSSR count). The van der Waals surface area contributed by atoms with Crippen LogP contribution < -0.4 is 5.32 Å². The standard InChI is InChI=1S/C20H20N2O2/c1-13(2)24-20(23)15-5-7-16(8-6-15)22-19-10-11-21-18-9-4-14(3)12-17(18)19/h4-13H,1-3H3,(H,21,22). The third-order valence-electron chi connectivity index (χ3n) is 3.64. The van der Waals surface area contributed by atoms with Gasteiger partial charge in [-0.3, -0.25) is 4.98 Å². The van der Waals surface area contributed by atoms with E-state index in [1.54, 1.807) is 18.3 Å². The first-order chi connectivity index (χ1) is 11.5. The van der Waals surface area contributed by atoms with E-state index in [1.165, 1.54) is 5.56 Å². The molecular formula is C20H20N2O2. The van der Waals surface area contributed by atoms with Gasteiger partial charge in [0.2, 0.25) is 0 Å². The molecule has 0 amide bonds. The first-order valence-corrected chi connectivity index (χ1v) is 7.96. The van der Waals surface area contributed by atoms with Crippen molar-refractivity contribution in [3.63, 3.8) is 0 Å². The van der Waals surface area contributed by atoms with E-state index in [0.29, 0.717) is 5.56 Å². The third kappa shape index (κ3) is 3.54. The number of pyridine rings is 1. The van der Waals surface area contributed by atoms with Gasteiger partial charge in [-0.25, -0.2) is 4.79 Å². The van der Waals surface area contributed by atoms with Gasteiger partial charge in [0.25, 0.3) is 0 Å². The van der Waals surface area contributed by atoms with Gasteiger partial charge < -0.3 is 10.1 Å². The number of nitrogens with one attached hydrogen (secondary N) is 1. The Labute approximate surface area is 141 Å². The molecule has 4 nitrogen and oxygen atoms in total. The van der Waals surface area contributed by atoms with E-state index in [0.717, 1.165) is 22.3 Å². The number of hydrogen-bond acceptors (Lipinski definition) is 4. The Hall–Kier alpha value is -2.88. The molecule has 1 aromatic heterocycles. The van der Waals surface area contributed by atoms with Crippen molar-refractivity contribution in [2.24, 2.45) is 0 Å². The molecule has 0 unspecified atom stereocenters. The Morgan fingerprint density at radius 2 is 1.83 bits per heavy atom. The Morgan fingerprint density at radius 1 is 1.08 bits per heavy atom. The molecule has 0 saturated carbocycles. The van der Waals surface area contributed by atoms with Crippen LogP contribution in [0.5, 0.6) is 0 Å². The minimum Gasteiger partial charge on any atom is -0.459 e. The number of esters is 1. The van der Waals surface area contributed by atoms with Crippen LogP contribution in [-0.2, 0) is 4.74 Å². The van der Waals surface area contributed by atoms with Gasteiger partial charge >= 0.3 is 5.97 Å². The molecular weight excluding hydrogens is 300 g/mol. The van der Waals surface area contributed by atoms with Crippen LogP contribution in [0, 0.1) is 6.92 Å². The van der Waals surface area contributed by atoms with Crippen molar-refractivity contribution in [2.75, 3.05) is 5.32 Å². The van der Waals surface area contributed by atoms with Crippen molar-refractivity contribution >= 4 is 28.2 Å². The molecule has 1 N–H and O–H groups in total. The lowest BCUT2D eigenvalue weighted by Crippen LogP contribution is -2.11. The van der Waals surface area contributed by atoms with Crippen molar-refractivity contribution < 1.29 is 9.53 Å². The summed E-state index contributed by atoms with van der Waals surface area (Å²) < 4.78 is 5.20. The van der Waals surface area contributed by atoms with E-state index in [-0.39, 0.29) is 12.1 Å². The average molecular weight is 320 g/mol. The quantitative estimate of drug-likeness (QED) is 0.698. The predicted molar refractivity (Wildman–Crippen MR) is 96.8 cm³/mol. The Kier molecular flexibility index (Phi) is 4.47. The summed E-state index contributed by atoms with van der Waals surface area (Å²) in [6.45, 7) is 5.74. The van der Waals surface area contributed by atoms with Gasteiger partial charge in [-0.2, -0.15) is 0 Å². The van der Waals surface area contributed by atoms with Gasteiger partial charge in [0.15, 0.2) is 0 Å². The lowest BCUT2D eigenvalue weighted by Gasteiger charge is -2.11. The monoisotopic (exact) mass is 320 g/mol. The van der Waals surface area contributed by atoms with Crippen LogP contribution in [-0.4, -0.2) is 17.1 Å². The summed E-state index contributed by atoms with van der Waals surface area (Å²) in [5.41, 5.74) is 4.57. The van der Waals surface area contributed by atoms with Gasteiger partial charge in [-0.05, 0) is 63.2 Å². The molecule has 0 atom stereocenters. The fraction of sp³-hybridized carbons (Fsp3) is 0.200. The van der Waals surface area contributed by atoms with Gasteiger partial charge in [-0.15, -0.1) is 0 Å². The summed E-state index contributed by atoms with van der Waals surface area (Å²) in [5, 5.41) is 4.46.